The molecule has 2 atom stereocenters. The summed E-state index contributed by atoms with van der Waals surface area (Å²) in [5.41, 5.74) is -0.109. The monoisotopic (exact) mass is 354 g/mol. The second kappa shape index (κ2) is 6.76. The zero-order valence-corrected chi connectivity index (χ0v) is 14.2. The van der Waals surface area contributed by atoms with Gasteiger partial charge in [0.25, 0.3) is 0 Å². The minimum absolute atomic E-state index is 0.279. The number of hydrogen-bond acceptors (Lipinski definition) is 4. The maximum Gasteiger partial charge on any atom is 0.416 e. The standard InChI is InChI=1S/C17H21F3N4O/c1-3-15-21-22-16(23(15)2)10-24-9-13(25)8-14(24)11-5-4-6-12(7-11)17(18,19)20/h4-7,13-14,25H,3,8-10H2,1-2H3/t13-,14-/m1/s1. The number of alkyl halides is 3. The van der Waals surface area contributed by atoms with Crippen molar-refractivity contribution in [1.82, 2.24) is 19.7 Å². The van der Waals surface area contributed by atoms with Crippen molar-refractivity contribution in [3.63, 3.8) is 0 Å². The molecule has 5 nitrogen and oxygen atoms in total. The van der Waals surface area contributed by atoms with E-state index in [9.17, 15) is 18.3 Å². The third-order valence-corrected chi connectivity index (χ3v) is 4.70. The third-order valence-electron chi connectivity index (χ3n) is 4.70. The number of nitrogens with zero attached hydrogens (tertiary/aromatic N) is 4. The number of aromatic nitrogens is 3. The lowest BCUT2D eigenvalue weighted by atomic mass is 10.0. The number of aliphatic hydroxyl groups excluding tert-OH is 1. The predicted octanol–water partition coefficient (Wildman–Crippen LogP) is 2.70. The van der Waals surface area contributed by atoms with Crippen molar-refractivity contribution in [1.29, 1.82) is 0 Å². The Morgan fingerprint density at radius 2 is 1.96 bits per heavy atom. The fourth-order valence-corrected chi connectivity index (χ4v) is 3.35. The molecular formula is C17H21F3N4O. The summed E-state index contributed by atoms with van der Waals surface area (Å²) in [6.07, 6.45) is -3.79. The molecule has 1 saturated heterocycles. The van der Waals surface area contributed by atoms with Crippen LogP contribution in [0.15, 0.2) is 24.3 Å². The molecule has 0 radical (unpaired) electrons. The summed E-state index contributed by atoms with van der Waals surface area (Å²) in [4.78, 5) is 1.96. The number of likely N-dealkylation sites (tertiary alicyclic amines) is 1. The highest BCUT2D eigenvalue weighted by molar-refractivity contribution is 5.29. The second-order valence-corrected chi connectivity index (χ2v) is 6.40. The number of aryl methyl sites for hydroxylation is 1. The van der Waals surface area contributed by atoms with E-state index < -0.39 is 17.8 Å². The van der Waals surface area contributed by atoms with Crippen molar-refractivity contribution in [2.24, 2.45) is 7.05 Å². The van der Waals surface area contributed by atoms with Crippen LogP contribution in [0.4, 0.5) is 13.2 Å². The van der Waals surface area contributed by atoms with E-state index >= 15 is 0 Å². The lowest BCUT2D eigenvalue weighted by Gasteiger charge is -2.24. The van der Waals surface area contributed by atoms with Crippen molar-refractivity contribution in [3.05, 3.63) is 47.0 Å². The summed E-state index contributed by atoms with van der Waals surface area (Å²) in [6, 6.07) is 5.05. The Morgan fingerprint density at radius 1 is 1.24 bits per heavy atom. The molecule has 1 aromatic heterocycles. The quantitative estimate of drug-likeness (QED) is 0.917. The van der Waals surface area contributed by atoms with Gasteiger partial charge in [-0.15, -0.1) is 10.2 Å². The minimum Gasteiger partial charge on any atom is -0.392 e. The number of β-amino-alcohol motifs (C(OH)–C–C–N with tert-alkyl or cyclic N) is 1. The summed E-state index contributed by atoms with van der Waals surface area (Å²) < 4.78 is 40.9. The van der Waals surface area contributed by atoms with Crippen LogP contribution in [0.1, 0.15) is 42.2 Å². The Morgan fingerprint density at radius 3 is 2.60 bits per heavy atom. The van der Waals surface area contributed by atoms with Gasteiger partial charge in [-0.25, -0.2) is 0 Å². The summed E-state index contributed by atoms with van der Waals surface area (Å²) in [5, 5.41) is 18.3. The van der Waals surface area contributed by atoms with Crippen LogP contribution in [0.25, 0.3) is 0 Å². The molecule has 0 spiro atoms. The molecule has 0 amide bonds. The molecule has 136 valence electrons. The summed E-state index contributed by atoms with van der Waals surface area (Å²) in [6.45, 7) is 2.82. The maximum absolute atomic E-state index is 13.0. The van der Waals surface area contributed by atoms with Gasteiger partial charge >= 0.3 is 6.18 Å². The molecule has 0 unspecified atom stereocenters. The van der Waals surface area contributed by atoms with Gasteiger partial charge in [0.15, 0.2) is 0 Å². The van der Waals surface area contributed by atoms with Gasteiger partial charge in [0.1, 0.15) is 11.6 Å². The molecular weight excluding hydrogens is 333 g/mol. The number of aliphatic hydroxyl groups is 1. The number of hydrogen-bond donors (Lipinski definition) is 1. The zero-order valence-electron chi connectivity index (χ0n) is 14.2. The topological polar surface area (TPSA) is 54.2 Å². The van der Waals surface area contributed by atoms with E-state index in [-0.39, 0.29) is 6.04 Å². The van der Waals surface area contributed by atoms with Crippen LogP contribution in [-0.4, -0.2) is 37.4 Å². The third kappa shape index (κ3) is 3.69. The smallest absolute Gasteiger partial charge is 0.392 e. The average molecular weight is 354 g/mol. The normalized spacial score (nSPS) is 21.8. The highest BCUT2D eigenvalue weighted by atomic mass is 19.4. The molecule has 1 N–H and O–H groups in total. The SMILES string of the molecule is CCc1nnc(CN2C[C@H](O)C[C@@H]2c2cccc(C(F)(F)F)c2)n1C. The highest BCUT2D eigenvalue weighted by Gasteiger charge is 2.35. The first-order chi connectivity index (χ1) is 11.8. The van der Waals surface area contributed by atoms with Crippen LogP contribution in [-0.2, 0) is 26.2 Å². The van der Waals surface area contributed by atoms with Crippen LogP contribution in [0.3, 0.4) is 0 Å². The van der Waals surface area contributed by atoms with Crippen LogP contribution in [0.2, 0.25) is 0 Å². The molecule has 3 rings (SSSR count). The molecule has 2 aromatic rings. The Balaban J connectivity index is 1.86. The first-order valence-electron chi connectivity index (χ1n) is 8.26. The largest absolute Gasteiger partial charge is 0.416 e. The molecule has 1 aromatic carbocycles. The Bertz CT molecular complexity index is 744. The summed E-state index contributed by atoms with van der Waals surface area (Å²) in [7, 11) is 1.87. The van der Waals surface area contributed by atoms with Crippen molar-refractivity contribution in [2.75, 3.05) is 6.54 Å². The highest BCUT2D eigenvalue weighted by Crippen LogP contribution is 2.36. The van der Waals surface area contributed by atoms with Gasteiger partial charge in [-0.05, 0) is 24.1 Å². The molecule has 25 heavy (non-hydrogen) atoms. The van der Waals surface area contributed by atoms with Gasteiger partial charge in [-0.3, -0.25) is 4.90 Å². The number of rotatable bonds is 4. The van der Waals surface area contributed by atoms with Crippen LogP contribution < -0.4 is 0 Å². The molecule has 1 aliphatic rings. The summed E-state index contributed by atoms with van der Waals surface area (Å²) >= 11 is 0. The van der Waals surface area contributed by atoms with Gasteiger partial charge < -0.3 is 9.67 Å². The Hall–Kier alpha value is -1.93. The number of halogens is 3. The summed E-state index contributed by atoms with van der Waals surface area (Å²) in [5.74, 6) is 1.59. The van der Waals surface area contributed by atoms with E-state index in [0.29, 0.717) is 25.1 Å². The molecule has 2 heterocycles. The fourth-order valence-electron chi connectivity index (χ4n) is 3.35. The molecule has 0 aliphatic carbocycles. The number of benzene rings is 1. The van der Waals surface area contributed by atoms with E-state index in [1.807, 2.05) is 23.4 Å². The van der Waals surface area contributed by atoms with Crippen LogP contribution >= 0.6 is 0 Å². The van der Waals surface area contributed by atoms with Gasteiger partial charge in [0, 0.05) is 26.1 Å². The minimum atomic E-state index is -4.38. The van der Waals surface area contributed by atoms with Crippen LogP contribution in [0.5, 0.6) is 0 Å². The molecule has 1 fully saturated rings. The molecule has 1 aliphatic heterocycles. The second-order valence-electron chi connectivity index (χ2n) is 6.40. The van der Waals surface area contributed by atoms with Crippen molar-refractivity contribution in [2.45, 2.75) is 44.6 Å². The van der Waals surface area contributed by atoms with Crippen molar-refractivity contribution < 1.29 is 18.3 Å². The van der Waals surface area contributed by atoms with Gasteiger partial charge in [-0.2, -0.15) is 13.2 Å². The van der Waals surface area contributed by atoms with Gasteiger partial charge in [-0.1, -0.05) is 19.1 Å². The maximum atomic E-state index is 13.0. The van der Waals surface area contributed by atoms with Crippen LogP contribution in [0, 0.1) is 0 Å². The van der Waals surface area contributed by atoms with E-state index in [0.717, 1.165) is 24.1 Å². The fraction of sp³-hybridized carbons (Fsp3) is 0.529. The van der Waals surface area contributed by atoms with Gasteiger partial charge in [0.2, 0.25) is 0 Å². The predicted molar refractivity (Wildman–Crippen MR) is 85.6 cm³/mol. The lowest BCUT2D eigenvalue weighted by molar-refractivity contribution is -0.137. The molecule has 0 saturated carbocycles. The van der Waals surface area contributed by atoms with Crippen molar-refractivity contribution in [3.8, 4) is 0 Å². The average Bonchev–Trinajstić information content (AvgIpc) is 3.10. The lowest BCUT2D eigenvalue weighted by Crippen LogP contribution is -2.26. The first-order valence-corrected chi connectivity index (χ1v) is 8.26. The first kappa shape index (κ1) is 17.9. The van der Waals surface area contributed by atoms with Crippen molar-refractivity contribution >= 4 is 0 Å². The Kier molecular flexibility index (Phi) is 4.83. The van der Waals surface area contributed by atoms with E-state index in [4.69, 9.17) is 0 Å². The zero-order chi connectivity index (χ0) is 18.2. The van der Waals surface area contributed by atoms with Gasteiger partial charge in [0.05, 0.1) is 18.2 Å². The van der Waals surface area contributed by atoms with E-state index in [1.54, 1.807) is 6.07 Å². The molecule has 8 heteroatoms. The van der Waals surface area contributed by atoms with E-state index in [1.165, 1.54) is 12.1 Å². The Labute approximate surface area is 144 Å². The molecule has 0 bridgehead atoms. The van der Waals surface area contributed by atoms with E-state index in [2.05, 4.69) is 10.2 Å².